The lowest BCUT2D eigenvalue weighted by molar-refractivity contribution is -0.585. The van der Waals surface area contributed by atoms with E-state index < -0.39 is 0 Å². The van der Waals surface area contributed by atoms with E-state index in [-0.39, 0.29) is 0 Å². The molecule has 0 atom stereocenters. The molecule has 2 N–H and O–H groups in total. The maximum absolute atomic E-state index is 3.46. The van der Waals surface area contributed by atoms with Crippen molar-refractivity contribution in [2.45, 2.75) is 13.8 Å². The van der Waals surface area contributed by atoms with Crippen molar-refractivity contribution in [3.8, 4) is 0 Å². The average Bonchev–Trinajstić information content (AvgIpc) is 2.72. The molecule has 0 radical (unpaired) electrons. The van der Waals surface area contributed by atoms with E-state index >= 15 is 0 Å². The Bertz CT molecular complexity index is 803. The van der Waals surface area contributed by atoms with Crippen molar-refractivity contribution in [2.24, 2.45) is 0 Å². The highest BCUT2D eigenvalue weighted by Gasteiger charge is 2.21. The Kier molecular flexibility index (Phi) is 6.47. The molecule has 0 heterocycles. The van der Waals surface area contributed by atoms with Gasteiger partial charge < -0.3 is 5.32 Å². The molecule has 27 heavy (non-hydrogen) atoms. The molecule has 4 nitrogen and oxygen atoms in total. The first-order valence-corrected chi connectivity index (χ1v) is 9.43. The van der Waals surface area contributed by atoms with E-state index in [1.54, 1.807) is 0 Å². The van der Waals surface area contributed by atoms with Gasteiger partial charge in [0.25, 0.3) is 0 Å². The van der Waals surface area contributed by atoms with Gasteiger partial charge in [-0.15, -0.1) is 0 Å². The third-order valence-electron chi connectivity index (χ3n) is 4.10. The van der Waals surface area contributed by atoms with Gasteiger partial charge in [0.1, 0.15) is 11.4 Å². The second-order valence-electron chi connectivity index (χ2n) is 6.12. The second kappa shape index (κ2) is 9.43. The number of hydrazine groups is 2. The van der Waals surface area contributed by atoms with Crippen LogP contribution in [0.4, 0.5) is 17.1 Å². The molecule has 0 bridgehead atoms. The Balaban J connectivity index is 2.02. The number of nitrogens with zero attached hydrogens (tertiary/aromatic N) is 2. The lowest BCUT2D eigenvalue weighted by atomic mass is 10.2. The molecule has 0 aliphatic carbocycles. The highest BCUT2D eigenvalue weighted by Crippen LogP contribution is 2.24. The Morgan fingerprint density at radius 3 is 1.78 bits per heavy atom. The van der Waals surface area contributed by atoms with Crippen LogP contribution < -0.4 is 15.8 Å². The average molecular weight is 359 g/mol. The van der Waals surface area contributed by atoms with Crippen LogP contribution in [0.3, 0.4) is 0 Å². The molecule has 0 aromatic heterocycles. The van der Waals surface area contributed by atoms with Gasteiger partial charge >= 0.3 is 0 Å². The van der Waals surface area contributed by atoms with Crippen molar-refractivity contribution in [1.29, 1.82) is 0 Å². The zero-order valence-electron chi connectivity index (χ0n) is 16.0. The minimum absolute atomic E-state index is 0.808. The van der Waals surface area contributed by atoms with Crippen LogP contribution >= 0.6 is 0 Å². The highest BCUT2D eigenvalue weighted by molar-refractivity contribution is 5.77. The first-order chi connectivity index (χ1) is 13.3. The predicted octanol–water partition coefficient (Wildman–Crippen LogP) is 4.83. The molecule has 3 rings (SSSR count). The molecule has 0 aliphatic rings. The fourth-order valence-corrected chi connectivity index (χ4v) is 2.90. The Morgan fingerprint density at radius 2 is 1.30 bits per heavy atom. The summed E-state index contributed by atoms with van der Waals surface area (Å²) in [7, 11) is 0. The minimum Gasteiger partial charge on any atom is -0.385 e. The van der Waals surface area contributed by atoms with Gasteiger partial charge in [-0.2, -0.15) is 5.43 Å². The molecule has 3 aromatic rings. The summed E-state index contributed by atoms with van der Waals surface area (Å²) in [6, 6.07) is 29.2. The summed E-state index contributed by atoms with van der Waals surface area (Å²) >= 11 is 0. The monoisotopic (exact) mass is 359 g/mol. The van der Waals surface area contributed by atoms with Crippen LogP contribution in [0.25, 0.3) is 0 Å². The van der Waals surface area contributed by atoms with Gasteiger partial charge in [-0.1, -0.05) is 41.4 Å². The molecule has 0 amide bonds. The number of anilines is 3. The molecule has 0 saturated carbocycles. The van der Waals surface area contributed by atoms with Gasteiger partial charge in [-0.25, -0.2) is 0 Å². The highest BCUT2D eigenvalue weighted by atomic mass is 15.7. The Labute approximate surface area is 161 Å². The topological polar surface area (TPSA) is 30.3 Å². The molecule has 3 aromatic carbocycles. The zero-order valence-corrected chi connectivity index (χ0v) is 16.0. The van der Waals surface area contributed by atoms with Crippen LogP contribution in [0.15, 0.2) is 84.9 Å². The summed E-state index contributed by atoms with van der Waals surface area (Å²) in [5.41, 5.74) is 7.88. The van der Waals surface area contributed by atoms with Gasteiger partial charge in [0.2, 0.25) is 6.21 Å². The van der Waals surface area contributed by atoms with Gasteiger partial charge in [0, 0.05) is 22.6 Å². The summed E-state index contributed by atoms with van der Waals surface area (Å²) in [5.74, 6) is 0. The van der Waals surface area contributed by atoms with Crippen LogP contribution in [-0.2, 0) is 0 Å². The quantitative estimate of drug-likeness (QED) is 0.343. The van der Waals surface area contributed by atoms with E-state index in [1.807, 2.05) is 16.9 Å². The van der Waals surface area contributed by atoms with Crippen molar-refractivity contribution in [3.05, 3.63) is 90.5 Å². The lowest BCUT2D eigenvalue weighted by Gasteiger charge is -2.20. The number of hydrazone groups is 2. The third kappa shape index (κ3) is 4.88. The molecule has 4 heteroatoms. The fourth-order valence-electron chi connectivity index (χ4n) is 2.90. The third-order valence-corrected chi connectivity index (χ3v) is 4.10. The molecule has 138 valence electrons. The molecular formula is C23H27N4+. The van der Waals surface area contributed by atoms with E-state index in [1.165, 1.54) is 0 Å². The number of nitrogens with one attached hydrogen (secondary N) is 2. The summed E-state index contributed by atoms with van der Waals surface area (Å²) in [6.07, 6.45) is 2.11. The maximum Gasteiger partial charge on any atom is 0.235 e. The molecule has 0 unspecified atom stereocenters. The standard InChI is InChI=1S/C23H26N4/c1-3-24-21-17-15-20(16-18-21)19-26(25-4-2)27(22-11-7-5-8-12-22)23-13-9-6-10-14-23/h5-19,25H,3-4H2,1-2H3/p+1. The van der Waals surface area contributed by atoms with Crippen molar-refractivity contribution >= 4 is 23.3 Å². The van der Waals surface area contributed by atoms with Gasteiger partial charge in [-0.3, -0.25) is 0 Å². The van der Waals surface area contributed by atoms with Crippen LogP contribution in [0.2, 0.25) is 0 Å². The van der Waals surface area contributed by atoms with Crippen LogP contribution in [0, 0.1) is 0 Å². The normalized spacial score (nSPS) is 11.1. The van der Waals surface area contributed by atoms with Crippen LogP contribution in [-0.4, -0.2) is 24.1 Å². The minimum atomic E-state index is 0.808. The first-order valence-electron chi connectivity index (χ1n) is 9.43. The Morgan fingerprint density at radius 1 is 0.741 bits per heavy atom. The molecule has 0 aliphatic heterocycles. The lowest BCUT2D eigenvalue weighted by Crippen LogP contribution is -2.42. The molecule has 0 fully saturated rings. The van der Waals surface area contributed by atoms with E-state index in [4.69, 9.17) is 0 Å². The summed E-state index contributed by atoms with van der Waals surface area (Å²) < 4.78 is 0. The predicted molar refractivity (Wildman–Crippen MR) is 115 cm³/mol. The van der Waals surface area contributed by atoms with Crippen molar-refractivity contribution in [2.75, 3.05) is 23.4 Å². The van der Waals surface area contributed by atoms with Gasteiger partial charge in [-0.05, 0) is 62.4 Å². The van der Waals surface area contributed by atoms with Crippen LogP contribution in [0.1, 0.15) is 19.4 Å². The largest absolute Gasteiger partial charge is 0.385 e. The summed E-state index contributed by atoms with van der Waals surface area (Å²) in [5, 5.41) is 5.50. The van der Waals surface area contributed by atoms with Crippen molar-refractivity contribution < 1.29 is 4.79 Å². The van der Waals surface area contributed by atoms with E-state index in [2.05, 4.69) is 109 Å². The number of rotatable bonds is 8. The van der Waals surface area contributed by atoms with Gasteiger partial charge in [0.15, 0.2) is 0 Å². The SMILES string of the molecule is CCNc1ccc(C=[N+](NCC)N(c2ccccc2)c2ccccc2)cc1. The molecule has 0 saturated heterocycles. The fraction of sp³-hybridized carbons (Fsp3) is 0.174. The van der Waals surface area contributed by atoms with Crippen LogP contribution in [0.5, 0.6) is 0 Å². The molecule has 0 spiro atoms. The number of hydrogen-bond donors (Lipinski definition) is 2. The summed E-state index contributed by atoms with van der Waals surface area (Å²) in [6.45, 7) is 5.93. The van der Waals surface area contributed by atoms with E-state index in [0.29, 0.717) is 0 Å². The van der Waals surface area contributed by atoms with Crippen molar-refractivity contribution in [1.82, 2.24) is 5.43 Å². The summed E-state index contributed by atoms with van der Waals surface area (Å²) in [4.78, 5) is 2.05. The van der Waals surface area contributed by atoms with Gasteiger partial charge in [0.05, 0.1) is 6.54 Å². The second-order valence-corrected chi connectivity index (χ2v) is 6.12. The van der Waals surface area contributed by atoms with E-state index in [0.717, 1.165) is 35.7 Å². The Hall–Kier alpha value is -3.27. The first kappa shape index (κ1) is 18.5. The maximum atomic E-state index is 3.46. The molecular weight excluding hydrogens is 332 g/mol. The number of para-hydroxylation sites is 2. The van der Waals surface area contributed by atoms with Crippen molar-refractivity contribution in [3.63, 3.8) is 0 Å². The number of benzene rings is 3. The number of hydrogen-bond acceptors (Lipinski definition) is 3. The zero-order chi connectivity index (χ0) is 18.9. The smallest absolute Gasteiger partial charge is 0.235 e. The van der Waals surface area contributed by atoms with E-state index in [9.17, 15) is 0 Å².